The van der Waals surface area contributed by atoms with E-state index in [-0.39, 0.29) is 0 Å². The Morgan fingerprint density at radius 3 is 2.95 bits per heavy atom. The normalized spacial score (nSPS) is 11.8. The minimum Gasteiger partial charge on any atom is -0.479 e. The van der Waals surface area contributed by atoms with E-state index < -0.39 is 18.0 Å². The molecule has 0 radical (unpaired) electrons. The number of urea groups is 1. The Morgan fingerprint density at radius 2 is 2.33 bits per heavy atom. The highest BCUT2D eigenvalue weighted by Crippen LogP contribution is 2.18. The molecule has 8 heteroatoms. The monoisotopic (exact) mass is 308 g/mol. The predicted molar refractivity (Wildman–Crippen MR) is 78.1 cm³/mol. The highest BCUT2D eigenvalue weighted by Gasteiger charge is 2.22. The van der Waals surface area contributed by atoms with E-state index in [1.165, 1.54) is 11.3 Å². The van der Waals surface area contributed by atoms with Gasteiger partial charge in [0.1, 0.15) is 0 Å². The Balaban J connectivity index is 1.74. The van der Waals surface area contributed by atoms with Gasteiger partial charge in [0.15, 0.2) is 6.04 Å². The molecule has 0 bridgehead atoms. The first-order valence-corrected chi connectivity index (χ1v) is 7.31. The fraction of sp³-hybridized carbons (Fsp3) is 0.308. The molecule has 0 spiro atoms. The molecule has 2 amide bonds. The Hall–Kier alpha value is -2.35. The van der Waals surface area contributed by atoms with Crippen LogP contribution in [0.1, 0.15) is 17.3 Å². The van der Waals surface area contributed by atoms with Crippen LogP contribution in [0.5, 0.6) is 0 Å². The number of hydrogen-bond donors (Lipinski definition) is 3. The first-order chi connectivity index (χ1) is 10.2. The summed E-state index contributed by atoms with van der Waals surface area (Å²) in [6, 6.07) is 1.93. The molecule has 0 fully saturated rings. The van der Waals surface area contributed by atoms with Gasteiger partial charge in [-0.15, -0.1) is 11.3 Å². The third-order valence-electron chi connectivity index (χ3n) is 2.79. The minimum absolute atomic E-state index is 0.459. The first kappa shape index (κ1) is 15.0. The molecule has 1 unspecified atom stereocenters. The van der Waals surface area contributed by atoms with Gasteiger partial charge in [-0.3, -0.25) is 0 Å². The van der Waals surface area contributed by atoms with Crippen molar-refractivity contribution >= 4 is 23.3 Å². The smallest absolute Gasteiger partial charge is 0.331 e. The zero-order valence-corrected chi connectivity index (χ0v) is 12.0. The van der Waals surface area contributed by atoms with Crippen LogP contribution < -0.4 is 10.6 Å². The SMILES string of the molecule is O=C(NCCCn1ccnc1)NC(C(=O)O)c1cccs1. The third kappa shape index (κ3) is 4.60. The Bertz CT molecular complexity index is 568. The number of carbonyl (C=O) groups is 2. The molecular formula is C13H16N4O3S. The van der Waals surface area contributed by atoms with E-state index in [1.807, 2.05) is 10.8 Å². The van der Waals surface area contributed by atoms with E-state index in [9.17, 15) is 9.59 Å². The summed E-state index contributed by atoms with van der Waals surface area (Å²) in [4.78, 5) is 27.4. The Kier molecular flexibility index (Phi) is 5.33. The van der Waals surface area contributed by atoms with Gasteiger partial charge >= 0.3 is 12.0 Å². The number of nitrogens with zero attached hydrogens (tertiary/aromatic N) is 2. The molecular weight excluding hydrogens is 292 g/mol. The number of carbonyl (C=O) groups excluding carboxylic acids is 1. The van der Waals surface area contributed by atoms with Crippen LogP contribution in [-0.4, -0.2) is 33.2 Å². The molecule has 21 heavy (non-hydrogen) atoms. The van der Waals surface area contributed by atoms with Crippen molar-refractivity contribution in [2.75, 3.05) is 6.54 Å². The number of thiophene rings is 1. The van der Waals surface area contributed by atoms with Crippen LogP contribution in [-0.2, 0) is 11.3 Å². The summed E-state index contributed by atoms with van der Waals surface area (Å²) in [6.07, 6.45) is 5.98. The maximum absolute atomic E-state index is 11.7. The fourth-order valence-corrected chi connectivity index (χ4v) is 2.54. The highest BCUT2D eigenvalue weighted by atomic mass is 32.1. The highest BCUT2D eigenvalue weighted by molar-refractivity contribution is 7.10. The van der Waals surface area contributed by atoms with Crippen LogP contribution in [0.3, 0.4) is 0 Å². The minimum atomic E-state index is -1.08. The van der Waals surface area contributed by atoms with E-state index >= 15 is 0 Å². The van der Waals surface area contributed by atoms with Crippen molar-refractivity contribution in [1.82, 2.24) is 20.2 Å². The second-order valence-electron chi connectivity index (χ2n) is 4.34. The topological polar surface area (TPSA) is 96.3 Å². The lowest BCUT2D eigenvalue weighted by molar-refractivity contribution is -0.139. The van der Waals surface area contributed by atoms with Crippen molar-refractivity contribution in [2.24, 2.45) is 0 Å². The molecule has 0 aliphatic heterocycles. The molecule has 0 saturated heterocycles. The van der Waals surface area contributed by atoms with Gasteiger partial charge < -0.3 is 20.3 Å². The second kappa shape index (κ2) is 7.44. The van der Waals surface area contributed by atoms with Crippen LogP contribution in [0.25, 0.3) is 0 Å². The van der Waals surface area contributed by atoms with Gasteiger partial charge in [-0.05, 0) is 17.9 Å². The maximum Gasteiger partial charge on any atom is 0.331 e. The lowest BCUT2D eigenvalue weighted by atomic mass is 10.2. The van der Waals surface area contributed by atoms with Gasteiger partial charge in [-0.25, -0.2) is 14.6 Å². The number of aromatic nitrogens is 2. The molecule has 0 saturated carbocycles. The molecule has 2 heterocycles. The van der Waals surface area contributed by atoms with Crippen LogP contribution >= 0.6 is 11.3 Å². The molecule has 2 aromatic rings. The fourth-order valence-electron chi connectivity index (χ4n) is 1.77. The summed E-state index contributed by atoms with van der Waals surface area (Å²) in [6.45, 7) is 1.20. The Morgan fingerprint density at radius 1 is 1.48 bits per heavy atom. The average molecular weight is 308 g/mol. The van der Waals surface area contributed by atoms with E-state index in [0.717, 1.165) is 13.0 Å². The summed E-state index contributed by atoms with van der Waals surface area (Å²) in [7, 11) is 0. The molecule has 0 aliphatic carbocycles. The van der Waals surface area contributed by atoms with E-state index in [0.29, 0.717) is 11.4 Å². The summed E-state index contributed by atoms with van der Waals surface area (Å²) in [5, 5.41) is 16.0. The zero-order chi connectivity index (χ0) is 15.1. The number of aliphatic carboxylic acids is 1. The van der Waals surface area contributed by atoms with Crippen molar-refractivity contribution in [3.05, 3.63) is 41.1 Å². The molecule has 0 aliphatic rings. The molecule has 2 rings (SSSR count). The van der Waals surface area contributed by atoms with Gasteiger partial charge in [0.2, 0.25) is 0 Å². The predicted octanol–water partition coefficient (Wildman–Crippen LogP) is 1.46. The van der Waals surface area contributed by atoms with Crippen molar-refractivity contribution in [1.29, 1.82) is 0 Å². The summed E-state index contributed by atoms with van der Waals surface area (Å²) in [5.74, 6) is -1.08. The summed E-state index contributed by atoms with van der Waals surface area (Å²) >= 11 is 1.29. The van der Waals surface area contributed by atoms with Gasteiger partial charge in [-0.1, -0.05) is 6.07 Å². The van der Waals surface area contributed by atoms with Crippen LogP contribution in [0, 0.1) is 0 Å². The third-order valence-corrected chi connectivity index (χ3v) is 3.73. The number of carboxylic acid groups (broad SMARTS) is 1. The number of amides is 2. The van der Waals surface area contributed by atoms with E-state index in [4.69, 9.17) is 5.11 Å². The number of carboxylic acids is 1. The van der Waals surface area contributed by atoms with Gasteiger partial charge in [0.05, 0.1) is 6.33 Å². The van der Waals surface area contributed by atoms with Gasteiger partial charge in [0, 0.05) is 30.4 Å². The van der Waals surface area contributed by atoms with Crippen molar-refractivity contribution < 1.29 is 14.7 Å². The summed E-state index contributed by atoms with van der Waals surface area (Å²) in [5.41, 5.74) is 0. The van der Waals surface area contributed by atoms with Gasteiger partial charge in [-0.2, -0.15) is 0 Å². The lowest BCUT2D eigenvalue weighted by Gasteiger charge is -2.13. The largest absolute Gasteiger partial charge is 0.479 e. The van der Waals surface area contributed by atoms with E-state index in [2.05, 4.69) is 15.6 Å². The first-order valence-electron chi connectivity index (χ1n) is 6.43. The number of aryl methyl sites for hydroxylation is 1. The maximum atomic E-state index is 11.7. The molecule has 7 nitrogen and oxygen atoms in total. The molecule has 0 aromatic carbocycles. The molecule has 112 valence electrons. The molecule has 3 N–H and O–H groups in total. The van der Waals surface area contributed by atoms with Crippen molar-refractivity contribution in [3.63, 3.8) is 0 Å². The van der Waals surface area contributed by atoms with Crippen LogP contribution in [0.15, 0.2) is 36.2 Å². The van der Waals surface area contributed by atoms with Crippen LogP contribution in [0.2, 0.25) is 0 Å². The quantitative estimate of drug-likeness (QED) is 0.675. The van der Waals surface area contributed by atoms with E-state index in [1.54, 1.807) is 30.0 Å². The van der Waals surface area contributed by atoms with Crippen molar-refractivity contribution in [2.45, 2.75) is 19.0 Å². The number of imidazole rings is 1. The Labute approximate surface area is 125 Å². The standard InChI is InChI=1S/C13H16N4O3S/c18-12(19)11(10-3-1-8-21-10)16-13(20)15-4-2-6-17-7-5-14-9-17/h1,3,5,7-9,11H,2,4,6H2,(H,18,19)(H2,15,16,20). The van der Waals surface area contributed by atoms with Crippen molar-refractivity contribution in [3.8, 4) is 0 Å². The average Bonchev–Trinajstić information content (AvgIpc) is 3.13. The molecule has 1 atom stereocenters. The molecule has 2 aromatic heterocycles. The zero-order valence-electron chi connectivity index (χ0n) is 11.2. The number of nitrogens with one attached hydrogen (secondary N) is 2. The second-order valence-corrected chi connectivity index (χ2v) is 5.32. The summed E-state index contributed by atoms with van der Waals surface area (Å²) < 4.78 is 1.91. The lowest BCUT2D eigenvalue weighted by Crippen LogP contribution is -2.41. The number of hydrogen-bond acceptors (Lipinski definition) is 4. The number of rotatable bonds is 7. The van der Waals surface area contributed by atoms with Gasteiger partial charge in [0.25, 0.3) is 0 Å². The van der Waals surface area contributed by atoms with Crippen LogP contribution in [0.4, 0.5) is 4.79 Å².